The van der Waals surface area contributed by atoms with Crippen LogP contribution in [0, 0.1) is 11.3 Å². The second kappa shape index (κ2) is 9.83. The molecule has 0 aliphatic carbocycles. The predicted octanol–water partition coefficient (Wildman–Crippen LogP) is 3.69. The molecule has 0 fully saturated rings. The normalized spacial score (nSPS) is 11.4. The third-order valence-corrected chi connectivity index (χ3v) is 3.63. The maximum Gasteiger partial charge on any atom is 0.280 e. The molecule has 30 heavy (non-hydrogen) atoms. The van der Waals surface area contributed by atoms with E-state index in [-0.39, 0.29) is 11.5 Å². The number of fused-ring (bicyclic) bond motifs is 1. The molecule has 154 valence electrons. The number of rotatable bonds is 5. The lowest BCUT2D eigenvalue weighted by Crippen LogP contribution is -2.16. The summed E-state index contributed by atoms with van der Waals surface area (Å²) < 4.78 is 23.2. The molecule has 0 bridgehead atoms. The number of hydrogen-bond donors (Lipinski definition) is 2. The van der Waals surface area contributed by atoms with Gasteiger partial charge in [0.25, 0.3) is 11.8 Å². The molecular formula is C19H18FN7O3. The molecule has 0 saturated heterocycles. The van der Waals surface area contributed by atoms with Crippen LogP contribution in [0.25, 0.3) is 0 Å². The zero-order valence-corrected chi connectivity index (χ0v) is 16.2. The number of halogens is 1. The van der Waals surface area contributed by atoms with E-state index in [1.54, 1.807) is 30.6 Å². The number of pyridine rings is 2. The third kappa shape index (κ3) is 4.79. The van der Waals surface area contributed by atoms with E-state index in [2.05, 4.69) is 35.5 Å². The maximum atomic E-state index is 12.3. The Labute approximate surface area is 171 Å². The van der Waals surface area contributed by atoms with Crippen molar-refractivity contribution in [2.24, 2.45) is 0 Å². The van der Waals surface area contributed by atoms with E-state index in [1.165, 1.54) is 12.3 Å². The van der Waals surface area contributed by atoms with Gasteiger partial charge in [-0.05, 0) is 12.1 Å². The van der Waals surface area contributed by atoms with Gasteiger partial charge in [-0.1, -0.05) is 13.8 Å². The summed E-state index contributed by atoms with van der Waals surface area (Å²) in [5, 5.41) is 15.0. The van der Waals surface area contributed by atoms with Crippen LogP contribution in [0.15, 0.2) is 36.8 Å². The lowest BCUT2D eigenvalue weighted by atomic mass is 10.3. The number of hydrogen-bond acceptors (Lipinski definition) is 10. The van der Waals surface area contributed by atoms with Crippen LogP contribution >= 0.6 is 0 Å². The van der Waals surface area contributed by atoms with Gasteiger partial charge in [-0.2, -0.15) is 10.2 Å². The molecule has 11 heteroatoms. The summed E-state index contributed by atoms with van der Waals surface area (Å²) in [6.45, 7) is 4.93. The van der Waals surface area contributed by atoms with Gasteiger partial charge in [0, 0.05) is 16.8 Å². The Kier molecular flexibility index (Phi) is 6.73. The number of nitriles is 1. The van der Waals surface area contributed by atoms with Crippen LogP contribution in [-0.2, 0) is 0 Å². The lowest BCUT2D eigenvalue weighted by molar-refractivity contribution is -0.0122. The summed E-state index contributed by atoms with van der Waals surface area (Å²) in [7, 11) is 0. The molecule has 0 radical (unpaired) electrons. The Balaban J connectivity index is 0.00000124. The van der Waals surface area contributed by atoms with Crippen molar-refractivity contribution in [3.8, 4) is 23.6 Å². The Hall–Kier alpha value is -4.20. The van der Waals surface area contributed by atoms with Crippen molar-refractivity contribution in [1.29, 1.82) is 5.26 Å². The predicted molar refractivity (Wildman–Crippen MR) is 106 cm³/mol. The fraction of sp³-hybridized carbons (Fsp3) is 0.211. The van der Waals surface area contributed by atoms with Gasteiger partial charge < -0.3 is 20.1 Å². The van der Waals surface area contributed by atoms with E-state index in [9.17, 15) is 4.53 Å². The topological polar surface area (TPSA) is 127 Å². The summed E-state index contributed by atoms with van der Waals surface area (Å²) in [6.07, 6.45) is 4.44. The molecule has 4 rings (SSSR count). The first-order valence-corrected chi connectivity index (χ1v) is 9.06. The molecule has 0 unspecified atom stereocenters. The molecule has 0 atom stereocenters. The third-order valence-electron chi connectivity index (χ3n) is 3.63. The second-order valence-corrected chi connectivity index (χ2v) is 5.51. The van der Waals surface area contributed by atoms with Crippen LogP contribution in [-0.4, -0.2) is 33.1 Å². The first-order valence-electron chi connectivity index (χ1n) is 9.06. The van der Waals surface area contributed by atoms with Crippen LogP contribution in [0.3, 0.4) is 0 Å². The fourth-order valence-corrected chi connectivity index (χ4v) is 2.43. The molecule has 10 nitrogen and oxygen atoms in total. The molecular weight excluding hydrogens is 393 g/mol. The molecule has 0 aromatic carbocycles. The van der Waals surface area contributed by atoms with Gasteiger partial charge in [0.2, 0.25) is 5.95 Å². The Morgan fingerprint density at radius 1 is 1.07 bits per heavy atom. The molecule has 4 heterocycles. The number of anilines is 4. The van der Waals surface area contributed by atoms with Crippen molar-refractivity contribution in [1.82, 2.24) is 19.9 Å². The van der Waals surface area contributed by atoms with Crippen molar-refractivity contribution in [3.05, 3.63) is 42.4 Å². The van der Waals surface area contributed by atoms with Gasteiger partial charge in [0.05, 0.1) is 23.8 Å². The Morgan fingerprint density at radius 2 is 1.83 bits per heavy atom. The number of nitrogens with one attached hydrogen (secondary N) is 2. The highest BCUT2D eigenvalue weighted by molar-refractivity contribution is 5.62. The van der Waals surface area contributed by atoms with Gasteiger partial charge in [0.1, 0.15) is 30.7 Å². The number of nitrogens with zero attached hydrogens (tertiary/aromatic N) is 5. The van der Waals surface area contributed by atoms with E-state index in [0.29, 0.717) is 42.0 Å². The highest BCUT2D eigenvalue weighted by atomic mass is 19.3. The van der Waals surface area contributed by atoms with E-state index in [1.807, 2.05) is 13.8 Å². The molecule has 0 saturated carbocycles. The first-order chi connectivity index (χ1) is 14.7. The minimum Gasteiger partial charge on any atom is -0.484 e. The van der Waals surface area contributed by atoms with Gasteiger partial charge in [-0.3, -0.25) is 4.94 Å². The lowest BCUT2D eigenvalue weighted by Gasteiger charge is -2.17. The molecule has 1 aliphatic heterocycles. The first kappa shape index (κ1) is 20.5. The SMILES string of the molecule is CC.N#Cc1cc(Nc2nccc(Nc3cnc4c(c3)OCCO4)n2)cnc1OF. The van der Waals surface area contributed by atoms with Gasteiger partial charge in [0.15, 0.2) is 5.75 Å². The highest BCUT2D eigenvalue weighted by Gasteiger charge is 2.14. The van der Waals surface area contributed by atoms with Crippen molar-refractivity contribution < 1.29 is 18.9 Å². The zero-order valence-electron chi connectivity index (χ0n) is 16.2. The van der Waals surface area contributed by atoms with Gasteiger partial charge in [-0.25, -0.2) is 15.0 Å². The molecule has 3 aromatic heterocycles. The quantitative estimate of drug-likeness (QED) is 0.641. The van der Waals surface area contributed by atoms with Crippen LogP contribution in [0.2, 0.25) is 0 Å². The highest BCUT2D eigenvalue weighted by Crippen LogP contribution is 2.31. The molecule has 0 spiro atoms. The smallest absolute Gasteiger partial charge is 0.280 e. The standard InChI is InChI=1S/C17H12FN7O3.C2H6/c18-28-15-10(7-19)5-11(8-21-15)24-17-20-2-1-14(25-17)23-12-6-13-16(22-9-12)27-4-3-26-13;1-2/h1-2,5-6,8-9H,3-4H2,(H2,20,23,24,25);1-2H3. The van der Waals surface area contributed by atoms with E-state index in [4.69, 9.17) is 14.7 Å². The number of aromatic nitrogens is 4. The average molecular weight is 411 g/mol. The molecule has 3 aromatic rings. The fourth-order valence-electron chi connectivity index (χ4n) is 2.43. The monoisotopic (exact) mass is 411 g/mol. The van der Waals surface area contributed by atoms with Crippen molar-refractivity contribution in [2.75, 3.05) is 23.8 Å². The maximum absolute atomic E-state index is 12.3. The summed E-state index contributed by atoms with van der Waals surface area (Å²) in [5.74, 6) is 1.33. The number of ether oxygens (including phenoxy) is 2. The van der Waals surface area contributed by atoms with Gasteiger partial charge in [-0.15, -0.1) is 0 Å². The van der Waals surface area contributed by atoms with Gasteiger partial charge >= 0.3 is 0 Å². The average Bonchev–Trinajstić information content (AvgIpc) is 2.80. The van der Waals surface area contributed by atoms with E-state index < -0.39 is 5.88 Å². The summed E-state index contributed by atoms with van der Waals surface area (Å²) >= 11 is 0. The molecule has 2 N–H and O–H groups in total. The second-order valence-electron chi connectivity index (χ2n) is 5.51. The largest absolute Gasteiger partial charge is 0.484 e. The van der Waals surface area contributed by atoms with E-state index >= 15 is 0 Å². The van der Waals surface area contributed by atoms with E-state index in [0.717, 1.165) is 0 Å². The summed E-state index contributed by atoms with van der Waals surface area (Å²) in [6, 6.07) is 6.59. The van der Waals surface area contributed by atoms with Crippen LogP contribution in [0.4, 0.5) is 27.7 Å². The minimum atomic E-state index is -0.407. The summed E-state index contributed by atoms with van der Waals surface area (Å²) in [4.78, 5) is 19.9. The molecule has 1 aliphatic rings. The van der Waals surface area contributed by atoms with Crippen molar-refractivity contribution in [3.63, 3.8) is 0 Å². The van der Waals surface area contributed by atoms with Crippen LogP contribution in [0.5, 0.6) is 17.5 Å². The minimum absolute atomic E-state index is 0.0656. The van der Waals surface area contributed by atoms with Crippen molar-refractivity contribution >= 4 is 23.1 Å². The summed E-state index contributed by atoms with van der Waals surface area (Å²) in [5.41, 5.74) is 0.992. The van der Waals surface area contributed by atoms with Crippen molar-refractivity contribution in [2.45, 2.75) is 13.8 Å². The Bertz CT molecular complexity index is 1060. The zero-order chi connectivity index (χ0) is 21.3. The van der Waals surface area contributed by atoms with Crippen LogP contribution in [0.1, 0.15) is 19.4 Å². The van der Waals surface area contributed by atoms with Crippen LogP contribution < -0.4 is 25.0 Å². The molecule has 0 amide bonds. The Morgan fingerprint density at radius 3 is 2.63 bits per heavy atom.